The zero-order valence-electron chi connectivity index (χ0n) is 13.3. The van der Waals surface area contributed by atoms with Crippen LogP contribution in [-0.4, -0.2) is 35.9 Å². The predicted octanol–water partition coefficient (Wildman–Crippen LogP) is 1.15. The van der Waals surface area contributed by atoms with Gasteiger partial charge in [-0.25, -0.2) is 0 Å². The minimum absolute atomic E-state index is 0. The maximum Gasteiger partial charge on any atom is 0.320 e. The Balaban J connectivity index is 0. The van der Waals surface area contributed by atoms with Crippen molar-refractivity contribution in [2.24, 2.45) is 11.5 Å². The number of benzene rings is 1. The van der Waals surface area contributed by atoms with Crippen molar-refractivity contribution in [1.82, 2.24) is 6.15 Å². The molecular weight excluding hydrogens is 300 g/mol. The molecule has 0 aliphatic carbocycles. The number of carbonyl (C=O) groups excluding carboxylic acids is 2. The lowest BCUT2D eigenvalue weighted by molar-refractivity contribution is -0.138. The number of carbonyl (C=O) groups is 3. The average Bonchev–Trinajstić information content (AvgIpc) is 2.48. The number of amides is 1. The Labute approximate surface area is 135 Å². The second-order valence-corrected chi connectivity index (χ2v) is 4.65. The zero-order chi connectivity index (χ0) is 17.0. The normalized spacial score (nSPS) is 10.4. The second-order valence-electron chi connectivity index (χ2n) is 4.65. The first-order chi connectivity index (χ1) is 10.4. The van der Waals surface area contributed by atoms with Crippen LogP contribution >= 0.6 is 0 Å². The Morgan fingerprint density at radius 1 is 1.26 bits per heavy atom. The monoisotopic (exact) mass is 326 g/mol. The summed E-state index contributed by atoms with van der Waals surface area (Å²) in [5.41, 5.74) is 11.7. The molecule has 0 fully saturated rings. The topological polar surface area (TPSA) is 171 Å². The first-order valence-electron chi connectivity index (χ1n) is 6.92. The minimum atomic E-state index is -0.933. The number of hydrogen-bond donors (Lipinski definition) is 5. The Morgan fingerprint density at radius 2 is 1.83 bits per heavy atom. The number of carboxylic acid groups (broad SMARTS) is 1. The highest BCUT2D eigenvalue weighted by Crippen LogP contribution is 2.07. The van der Waals surface area contributed by atoms with E-state index in [4.69, 9.17) is 16.6 Å². The van der Waals surface area contributed by atoms with Crippen LogP contribution in [0.15, 0.2) is 24.3 Å². The summed E-state index contributed by atoms with van der Waals surface area (Å²) < 4.78 is 0. The summed E-state index contributed by atoms with van der Waals surface area (Å²) in [4.78, 5) is 31.0. The van der Waals surface area contributed by atoms with Crippen molar-refractivity contribution in [3.63, 3.8) is 0 Å². The molecule has 0 spiro atoms. The quantitative estimate of drug-likeness (QED) is 0.369. The lowest BCUT2D eigenvalue weighted by Gasteiger charge is -2.03. The van der Waals surface area contributed by atoms with Gasteiger partial charge in [-0.3, -0.25) is 14.4 Å². The maximum atomic E-state index is 10.6. The third kappa shape index (κ3) is 12.0. The fourth-order valence-electron chi connectivity index (χ4n) is 1.48. The molecule has 0 saturated heterocycles. The fraction of sp³-hybridized carbons (Fsp3) is 0.400. The van der Waals surface area contributed by atoms with Crippen LogP contribution in [0.4, 0.5) is 5.69 Å². The standard InChI is InChI=1S/C9H9NO2.C6H14N2O2.H3N/c1-7(12)10-9-4-2-8(6-11)3-5-9;7-4-2-1-3-5(8)6(9)10;/h2-6H,1H3,(H,10,12);5H,1-4,7-8H2,(H,9,10);1H3/t;5-;/m.0./s1. The van der Waals surface area contributed by atoms with E-state index in [0.29, 0.717) is 24.2 Å². The highest BCUT2D eigenvalue weighted by atomic mass is 16.4. The van der Waals surface area contributed by atoms with Crippen LogP contribution in [0.25, 0.3) is 0 Å². The fourth-order valence-corrected chi connectivity index (χ4v) is 1.48. The molecule has 1 atom stereocenters. The third-order valence-electron chi connectivity index (χ3n) is 2.65. The summed E-state index contributed by atoms with van der Waals surface area (Å²) in [7, 11) is 0. The summed E-state index contributed by atoms with van der Waals surface area (Å²) in [6.07, 6.45) is 2.93. The molecule has 1 amide bonds. The molecule has 0 saturated carbocycles. The molecule has 0 aromatic heterocycles. The van der Waals surface area contributed by atoms with Gasteiger partial charge in [0, 0.05) is 18.2 Å². The smallest absolute Gasteiger partial charge is 0.320 e. The molecule has 0 bridgehead atoms. The van der Waals surface area contributed by atoms with Crippen LogP contribution < -0.4 is 22.9 Å². The van der Waals surface area contributed by atoms with Crippen LogP contribution in [0.1, 0.15) is 36.5 Å². The molecule has 130 valence electrons. The molecule has 0 aliphatic heterocycles. The maximum absolute atomic E-state index is 10.6. The number of rotatable bonds is 7. The van der Waals surface area contributed by atoms with Gasteiger partial charge in [0.2, 0.25) is 5.91 Å². The molecule has 1 rings (SSSR count). The molecule has 8 heteroatoms. The number of carboxylic acids is 1. The number of nitrogens with one attached hydrogen (secondary N) is 1. The predicted molar refractivity (Wildman–Crippen MR) is 89.7 cm³/mol. The van der Waals surface area contributed by atoms with Crippen LogP contribution in [0.5, 0.6) is 0 Å². The van der Waals surface area contributed by atoms with E-state index in [1.807, 2.05) is 0 Å². The van der Waals surface area contributed by atoms with E-state index in [0.717, 1.165) is 19.1 Å². The molecule has 23 heavy (non-hydrogen) atoms. The van der Waals surface area contributed by atoms with Crippen LogP contribution in [0.2, 0.25) is 0 Å². The van der Waals surface area contributed by atoms with Crippen molar-refractivity contribution in [3.05, 3.63) is 29.8 Å². The van der Waals surface area contributed by atoms with Gasteiger partial charge >= 0.3 is 5.97 Å². The number of nitrogens with two attached hydrogens (primary N) is 2. The van der Waals surface area contributed by atoms with E-state index >= 15 is 0 Å². The second kappa shape index (κ2) is 13.4. The van der Waals surface area contributed by atoms with Crippen molar-refractivity contribution in [1.29, 1.82) is 0 Å². The first-order valence-corrected chi connectivity index (χ1v) is 6.92. The van der Waals surface area contributed by atoms with Gasteiger partial charge in [-0.2, -0.15) is 0 Å². The minimum Gasteiger partial charge on any atom is -0.480 e. The summed E-state index contributed by atoms with van der Waals surface area (Å²) in [5, 5.41) is 10.9. The number of unbranched alkanes of at least 4 members (excludes halogenated alkanes) is 1. The average molecular weight is 326 g/mol. The van der Waals surface area contributed by atoms with Gasteiger partial charge in [-0.15, -0.1) is 0 Å². The Hall–Kier alpha value is -2.29. The third-order valence-corrected chi connectivity index (χ3v) is 2.65. The van der Waals surface area contributed by atoms with E-state index in [1.165, 1.54) is 6.92 Å². The molecular formula is C15H26N4O4. The van der Waals surface area contributed by atoms with Crippen molar-refractivity contribution < 1.29 is 19.5 Å². The molecule has 1 aromatic rings. The van der Waals surface area contributed by atoms with E-state index in [1.54, 1.807) is 24.3 Å². The van der Waals surface area contributed by atoms with Gasteiger partial charge in [0.15, 0.2) is 0 Å². The number of aldehydes is 1. The molecule has 0 unspecified atom stereocenters. The van der Waals surface area contributed by atoms with Crippen molar-refractivity contribution in [2.75, 3.05) is 11.9 Å². The molecule has 0 aliphatic rings. The Bertz CT molecular complexity index is 477. The molecule has 8 nitrogen and oxygen atoms in total. The molecule has 0 heterocycles. The molecule has 0 radical (unpaired) electrons. The zero-order valence-corrected chi connectivity index (χ0v) is 13.3. The molecule has 1 aromatic carbocycles. The van der Waals surface area contributed by atoms with Crippen LogP contribution in [-0.2, 0) is 9.59 Å². The largest absolute Gasteiger partial charge is 0.480 e. The van der Waals surface area contributed by atoms with E-state index in [2.05, 4.69) is 5.32 Å². The number of aliphatic carboxylic acids is 1. The first kappa shape index (κ1) is 23.0. The highest BCUT2D eigenvalue weighted by molar-refractivity contribution is 5.89. The van der Waals surface area contributed by atoms with Crippen LogP contribution in [0.3, 0.4) is 0 Å². The van der Waals surface area contributed by atoms with Crippen LogP contribution in [0, 0.1) is 0 Å². The Morgan fingerprint density at radius 3 is 2.22 bits per heavy atom. The van der Waals surface area contributed by atoms with E-state index in [-0.39, 0.29) is 12.1 Å². The van der Waals surface area contributed by atoms with Gasteiger partial charge in [-0.1, -0.05) is 6.42 Å². The molecule has 9 N–H and O–H groups in total. The van der Waals surface area contributed by atoms with Gasteiger partial charge in [0.05, 0.1) is 0 Å². The summed E-state index contributed by atoms with van der Waals surface area (Å²) in [6.45, 7) is 2.04. The van der Waals surface area contributed by atoms with Gasteiger partial charge < -0.3 is 28.0 Å². The summed E-state index contributed by atoms with van der Waals surface area (Å²) in [6, 6.07) is 5.96. The number of anilines is 1. The lowest BCUT2D eigenvalue weighted by Crippen LogP contribution is -2.29. The van der Waals surface area contributed by atoms with Gasteiger partial charge in [-0.05, 0) is 43.7 Å². The number of hydrogen-bond acceptors (Lipinski definition) is 6. The highest BCUT2D eigenvalue weighted by Gasteiger charge is 2.09. The van der Waals surface area contributed by atoms with Crippen molar-refractivity contribution in [3.8, 4) is 0 Å². The lowest BCUT2D eigenvalue weighted by atomic mass is 10.1. The van der Waals surface area contributed by atoms with E-state index in [9.17, 15) is 14.4 Å². The Kier molecular flexibility index (Phi) is 13.4. The van der Waals surface area contributed by atoms with E-state index < -0.39 is 12.0 Å². The van der Waals surface area contributed by atoms with Gasteiger partial charge in [0.1, 0.15) is 12.3 Å². The summed E-state index contributed by atoms with van der Waals surface area (Å²) in [5.74, 6) is -1.05. The van der Waals surface area contributed by atoms with Gasteiger partial charge in [0.25, 0.3) is 0 Å². The summed E-state index contributed by atoms with van der Waals surface area (Å²) >= 11 is 0. The van der Waals surface area contributed by atoms with Crippen molar-refractivity contribution in [2.45, 2.75) is 32.2 Å². The van der Waals surface area contributed by atoms with Crippen molar-refractivity contribution >= 4 is 23.9 Å². The SMILES string of the molecule is CC(=O)Nc1ccc(C=O)cc1.N.NCCCC[C@H](N)C(=O)O.